The summed E-state index contributed by atoms with van der Waals surface area (Å²) >= 11 is 0. The second-order valence-electron chi connectivity index (χ2n) is 5.05. The van der Waals surface area contributed by atoms with E-state index in [4.69, 9.17) is 10.4 Å². The van der Waals surface area contributed by atoms with Gasteiger partial charge in [-0.3, -0.25) is 21.4 Å². The van der Waals surface area contributed by atoms with Gasteiger partial charge in [0, 0.05) is 11.1 Å². The molecule has 4 nitrogen and oxygen atoms in total. The Morgan fingerprint density at radius 2 is 1.00 bits per heavy atom. The third-order valence-corrected chi connectivity index (χ3v) is 3.63. The monoisotopic (exact) mass is 366 g/mol. The third-order valence-electron chi connectivity index (χ3n) is 3.63. The molecule has 4 N–H and O–H groups in total. The molecule has 0 spiro atoms. The Morgan fingerprint density at radius 3 is 1.32 bits per heavy atom. The van der Waals surface area contributed by atoms with Crippen molar-refractivity contribution in [3.8, 4) is 0 Å². The summed E-state index contributed by atoms with van der Waals surface area (Å²) in [5.41, 5.74) is -5.35. The van der Waals surface area contributed by atoms with Gasteiger partial charge in [0.05, 0.1) is 11.4 Å². The van der Waals surface area contributed by atoms with E-state index in [1.165, 1.54) is 23.1 Å². The van der Waals surface area contributed by atoms with Crippen LogP contribution in [0, 0.1) is 0 Å². The van der Waals surface area contributed by atoms with Crippen molar-refractivity contribution in [3.05, 3.63) is 59.7 Å². The summed E-state index contributed by atoms with van der Waals surface area (Å²) in [4.78, 5) is 0. The zero-order chi connectivity index (χ0) is 18.9. The Labute approximate surface area is 137 Å². The molecule has 0 heterocycles. The average Bonchev–Trinajstić information content (AvgIpc) is 2.59. The normalized spacial score (nSPS) is 12.8. The van der Waals surface area contributed by atoms with Crippen LogP contribution in [0.4, 0.5) is 37.7 Å². The highest BCUT2D eigenvalue weighted by atomic mass is 19.4. The summed E-state index contributed by atoms with van der Waals surface area (Å²) in [7, 11) is 0. The molecule has 0 bridgehead atoms. The highest BCUT2D eigenvalue weighted by molar-refractivity contribution is 5.63. The van der Waals surface area contributed by atoms with Crippen molar-refractivity contribution < 1.29 is 36.8 Å². The first-order valence-electron chi connectivity index (χ1n) is 6.74. The summed E-state index contributed by atoms with van der Waals surface area (Å²) in [5, 5.41) is 18.0. The number of hydrogen-bond donors (Lipinski definition) is 4. The minimum absolute atomic E-state index is 0.673. The van der Waals surface area contributed by atoms with Crippen molar-refractivity contribution in [2.24, 2.45) is 0 Å². The molecule has 0 radical (unpaired) electrons. The number of benzene rings is 2. The van der Waals surface area contributed by atoms with E-state index in [2.05, 4.69) is 0 Å². The standard InChI is InChI=1S/C15H12F6N2O2/c16-13(14(17,18)15(19,20)21,9-5-1-3-7-11(9)22-24)10-6-2-4-8-12(10)23-25/h1-8,22-25H. The summed E-state index contributed by atoms with van der Waals surface area (Å²) in [5.74, 6) is -5.89. The zero-order valence-corrected chi connectivity index (χ0v) is 12.3. The van der Waals surface area contributed by atoms with Gasteiger partial charge in [-0.1, -0.05) is 36.4 Å². The van der Waals surface area contributed by atoms with Gasteiger partial charge in [-0.15, -0.1) is 0 Å². The molecule has 2 rings (SSSR count). The molecule has 2 aromatic rings. The van der Waals surface area contributed by atoms with Crippen LogP contribution in [0.3, 0.4) is 0 Å². The third kappa shape index (κ3) is 2.87. The lowest BCUT2D eigenvalue weighted by molar-refractivity contribution is -0.322. The lowest BCUT2D eigenvalue weighted by Gasteiger charge is -2.37. The fourth-order valence-corrected chi connectivity index (χ4v) is 2.44. The van der Waals surface area contributed by atoms with Gasteiger partial charge in [0.25, 0.3) is 0 Å². The van der Waals surface area contributed by atoms with E-state index in [0.29, 0.717) is 12.1 Å². The van der Waals surface area contributed by atoms with Gasteiger partial charge in [-0.2, -0.15) is 22.0 Å². The SMILES string of the molecule is ONc1ccccc1C(F)(c1ccccc1NO)C(F)(F)C(F)(F)F. The molecular weight excluding hydrogens is 354 g/mol. The van der Waals surface area contributed by atoms with E-state index < -0.39 is 40.3 Å². The summed E-state index contributed by atoms with van der Waals surface area (Å²) in [6, 6.07) is 7.65. The van der Waals surface area contributed by atoms with E-state index in [1.54, 1.807) is 0 Å². The minimum atomic E-state index is -6.26. The van der Waals surface area contributed by atoms with Gasteiger partial charge in [0.15, 0.2) is 0 Å². The molecule has 136 valence electrons. The van der Waals surface area contributed by atoms with Crippen LogP contribution in [0.5, 0.6) is 0 Å². The summed E-state index contributed by atoms with van der Waals surface area (Å²) in [6.07, 6.45) is -6.26. The highest BCUT2D eigenvalue weighted by Crippen LogP contribution is 2.56. The first kappa shape index (κ1) is 18.9. The van der Waals surface area contributed by atoms with E-state index in [9.17, 15) is 22.0 Å². The lowest BCUT2D eigenvalue weighted by atomic mass is 9.80. The number of nitrogens with one attached hydrogen (secondary N) is 2. The molecule has 0 aliphatic rings. The van der Waals surface area contributed by atoms with E-state index >= 15 is 4.39 Å². The minimum Gasteiger partial charge on any atom is -0.291 e. The van der Waals surface area contributed by atoms with Crippen molar-refractivity contribution in [2.45, 2.75) is 17.8 Å². The number of hydrogen-bond acceptors (Lipinski definition) is 4. The maximum Gasteiger partial charge on any atom is 0.457 e. The van der Waals surface area contributed by atoms with Gasteiger partial charge in [0.2, 0.25) is 5.67 Å². The van der Waals surface area contributed by atoms with Crippen molar-refractivity contribution in [3.63, 3.8) is 0 Å². The summed E-state index contributed by atoms with van der Waals surface area (Å²) in [6.45, 7) is 0. The largest absolute Gasteiger partial charge is 0.457 e. The molecule has 0 fully saturated rings. The Bertz CT molecular complexity index is 703. The number of para-hydroxylation sites is 2. The lowest BCUT2D eigenvalue weighted by Crippen LogP contribution is -2.53. The molecule has 0 saturated heterocycles. The molecular formula is C15H12F6N2O2. The predicted octanol–water partition coefficient (Wildman–Crippen LogP) is 4.70. The van der Waals surface area contributed by atoms with Crippen molar-refractivity contribution in [1.82, 2.24) is 0 Å². The van der Waals surface area contributed by atoms with E-state index in [-0.39, 0.29) is 0 Å². The molecule has 0 aromatic heterocycles. The molecule has 10 heteroatoms. The first-order chi connectivity index (χ1) is 11.6. The maximum absolute atomic E-state index is 15.7. The van der Waals surface area contributed by atoms with Crippen LogP contribution in [-0.2, 0) is 5.67 Å². The molecule has 25 heavy (non-hydrogen) atoms. The quantitative estimate of drug-likeness (QED) is 0.458. The number of alkyl halides is 6. The number of rotatable bonds is 5. The molecule has 0 atom stereocenters. The Hall–Kier alpha value is -2.46. The highest BCUT2D eigenvalue weighted by Gasteiger charge is 2.73. The zero-order valence-electron chi connectivity index (χ0n) is 12.3. The Morgan fingerprint density at radius 1 is 0.640 bits per heavy atom. The van der Waals surface area contributed by atoms with Crippen LogP contribution < -0.4 is 11.0 Å². The second-order valence-corrected chi connectivity index (χ2v) is 5.05. The van der Waals surface area contributed by atoms with Gasteiger partial charge in [-0.25, -0.2) is 4.39 Å². The van der Waals surface area contributed by atoms with Crippen LogP contribution in [0.15, 0.2) is 48.5 Å². The van der Waals surface area contributed by atoms with Gasteiger partial charge in [0.1, 0.15) is 0 Å². The molecule has 0 saturated carbocycles. The smallest absolute Gasteiger partial charge is 0.291 e. The van der Waals surface area contributed by atoms with Crippen LogP contribution in [0.25, 0.3) is 0 Å². The van der Waals surface area contributed by atoms with Gasteiger partial charge >= 0.3 is 12.1 Å². The molecule has 0 aliphatic carbocycles. The summed E-state index contributed by atoms with van der Waals surface area (Å²) < 4.78 is 83.2. The van der Waals surface area contributed by atoms with E-state index in [1.807, 2.05) is 0 Å². The Balaban J connectivity index is 2.91. The van der Waals surface area contributed by atoms with Crippen LogP contribution in [-0.4, -0.2) is 22.5 Å². The van der Waals surface area contributed by atoms with Crippen molar-refractivity contribution in [2.75, 3.05) is 11.0 Å². The molecule has 0 aliphatic heterocycles. The molecule has 0 unspecified atom stereocenters. The first-order valence-corrected chi connectivity index (χ1v) is 6.74. The maximum atomic E-state index is 15.7. The molecule has 2 aromatic carbocycles. The Kier molecular flexibility index (Phi) is 4.87. The predicted molar refractivity (Wildman–Crippen MR) is 76.6 cm³/mol. The average molecular weight is 366 g/mol. The topological polar surface area (TPSA) is 64.5 Å². The van der Waals surface area contributed by atoms with Crippen LogP contribution >= 0.6 is 0 Å². The van der Waals surface area contributed by atoms with Gasteiger partial charge < -0.3 is 0 Å². The fraction of sp³-hybridized carbons (Fsp3) is 0.200. The van der Waals surface area contributed by atoms with E-state index in [0.717, 1.165) is 24.3 Å². The molecule has 0 amide bonds. The fourth-order valence-electron chi connectivity index (χ4n) is 2.44. The van der Waals surface area contributed by atoms with Crippen molar-refractivity contribution >= 4 is 11.4 Å². The van der Waals surface area contributed by atoms with Crippen LogP contribution in [0.1, 0.15) is 11.1 Å². The van der Waals surface area contributed by atoms with Gasteiger partial charge in [-0.05, 0) is 12.1 Å². The van der Waals surface area contributed by atoms with Crippen LogP contribution in [0.2, 0.25) is 0 Å². The second kappa shape index (κ2) is 6.45. The van der Waals surface area contributed by atoms with Crippen molar-refractivity contribution in [1.29, 1.82) is 0 Å². The number of anilines is 2. The number of halogens is 6.